The lowest BCUT2D eigenvalue weighted by molar-refractivity contribution is 0.587. The second-order valence-corrected chi connectivity index (χ2v) is 6.32. The molecule has 0 aliphatic rings. The van der Waals surface area contributed by atoms with Gasteiger partial charge in [-0.2, -0.15) is 4.99 Å². The van der Waals surface area contributed by atoms with Crippen LogP contribution in [0.3, 0.4) is 0 Å². The van der Waals surface area contributed by atoms with Gasteiger partial charge in [-0.1, -0.05) is 25.2 Å². The summed E-state index contributed by atoms with van der Waals surface area (Å²) in [5.41, 5.74) is 0.593. The summed E-state index contributed by atoms with van der Waals surface area (Å²) in [5.74, 6) is 5.14. The van der Waals surface area contributed by atoms with Gasteiger partial charge in [0.1, 0.15) is 5.69 Å². The second-order valence-electron chi connectivity index (χ2n) is 4.97. The monoisotopic (exact) mass is 359 g/mol. The predicted octanol–water partition coefficient (Wildman–Crippen LogP) is 5.99. The number of halogens is 2. The van der Waals surface area contributed by atoms with Crippen molar-refractivity contribution in [2.75, 3.05) is 5.75 Å². The van der Waals surface area contributed by atoms with Gasteiger partial charge in [0.05, 0.1) is 5.16 Å². The first kappa shape index (κ1) is 18.4. The standard InChI is InChI=1S/C19H15F2NS2/c1-2-3-10-24-16-8-6-14(7-9-16)4-5-15-11-17(20)19(22-13-23)18(21)12-15/h6-9,11-12H,2-3,10H2,1H3. The smallest absolute Gasteiger partial charge is 0.153 e. The number of hydrogen-bond acceptors (Lipinski definition) is 3. The molecule has 24 heavy (non-hydrogen) atoms. The van der Waals surface area contributed by atoms with Crippen LogP contribution in [0, 0.1) is 23.5 Å². The van der Waals surface area contributed by atoms with Gasteiger partial charge in [0.25, 0.3) is 0 Å². The number of unbranched alkanes of at least 4 members (excludes halogenated alkanes) is 1. The predicted molar refractivity (Wildman–Crippen MR) is 99.1 cm³/mol. The number of thiocarbonyl (C=S) groups is 1. The fraction of sp³-hybridized carbons (Fsp3) is 0.211. The highest BCUT2D eigenvalue weighted by molar-refractivity contribution is 7.99. The largest absolute Gasteiger partial charge is 0.204 e. The van der Waals surface area contributed by atoms with Crippen molar-refractivity contribution in [3.63, 3.8) is 0 Å². The van der Waals surface area contributed by atoms with Gasteiger partial charge in [0, 0.05) is 16.0 Å². The fourth-order valence-electron chi connectivity index (χ4n) is 1.90. The van der Waals surface area contributed by atoms with E-state index in [9.17, 15) is 8.78 Å². The molecule has 0 bridgehead atoms. The van der Waals surface area contributed by atoms with Crippen LogP contribution in [-0.2, 0) is 0 Å². The van der Waals surface area contributed by atoms with Gasteiger partial charge in [-0.15, -0.1) is 11.8 Å². The molecule has 0 spiro atoms. The van der Waals surface area contributed by atoms with Gasteiger partial charge in [0.15, 0.2) is 11.6 Å². The van der Waals surface area contributed by atoms with Crippen molar-refractivity contribution in [3.8, 4) is 11.8 Å². The number of aliphatic imine (C=N–C) groups is 1. The lowest BCUT2D eigenvalue weighted by Crippen LogP contribution is -1.86. The minimum absolute atomic E-state index is 0.245. The van der Waals surface area contributed by atoms with Crippen LogP contribution in [0.25, 0.3) is 0 Å². The Balaban J connectivity index is 2.13. The van der Waals surface area contributed by atoms with Crippen molar-refractivity contribution in [1.82, 2.24) is 0 Å². The third-order valence-electron chi connectivity index (χ3n) is 3.15. The summed E-state index contributed by atoms with van der Waals surface area (Å²) in [6, 6.07) is 10.1. The zero-order valence-corrected chi connectivity index (χ0v) is 14.7. The Bertz CT molecular complexity index is 790. The van der Waals surface area contributed by atoms with Crippen molar-refractivity contribution >= 4 is 34.8 Å². The van der Waals surface area contributed by atoms with Gasteiger partial charge in [-0.25, -0.2) is 8.78 Å². The molecule has 2 rings (SSSR count). The molecule has 0 aliphatic carbocycles. The third-order valence-corrected chi connectivity index (χ3v) is 4.34. The molecule has 2 aromatic carbocycles. The Kier molecular flexibility index (Phi) is 7.14. The molecule has 0 amide bonds. The van der Waals surface area contributed by atoms with E-state index in [1.54, 1.807) is 11.8 Å². The fourth-order valence-corrected chi connectivity index (χ4v) is 2.99. The first-order valence-corrected chi connectivity index (χ1v) is 8.85. The number of benzene rings is 2. The number of rotatable bonds is 5. The molecule has 0 atom stereocenters. The third kappa shape index (κ3) is 5.28. The molecule has 0 aromatic heterocycles. The summed E-state index contributed by atoms with van der Waals surface area (Å²) in [7, 11) is 0. The topological polar surface area (TPSA) is 12.4 Å². The van der Waals surface area contributed by atoms with Crippen molar-refractivity contribution < 1.29 is 8.78 Å². The minimum Gasteiger partial charge on any atom is -0.204 e. The van der Waals surface area contributed by atoms with Crippen LogP contribution in [-0.4, -0.2) is 10.9 Å². The molecule has 0 radical (unpaired) electrons. The Morgan fingerprint density at radius 2 is 1.67 bits per heavy atom. The Labute approximate surface area is 150 Å². The SMILES string of the molecule is CCCCSc1ccc(C#Cc2cc(F)c(N=C=S)c(F)c2)cc1. The Morgan fingerprint density at radius 1 is 1.04 bits per heavy atom. The molecule has 1 nitrogen and oxygen atoms in total. The van der Waals surface area contributed by atoms with E-state index in [1.165, 1.54) is 17.7 Å². The number of thioether (sulfide) groups is 1. The van der Waals surface area contributed by atoms with Crippen LogP contribution in [0.15, 0.2) is 46.3 Å². The zero-order chi connectivity index (χ0) is 17.4. The molecule has 122 valence electrons. The average Bonchev–Trinajstić information content (AvgIpc) is 2.58. The number of hydrogen-bond donors (Lipinski definition) is 0. The molecule has 2 aromatic rings. The van der Waals surface area contributed by atoms with Gasteiger partial charge in [0.2, 0.25) is 0 Å². The summed E-state index contributed by atoms with van der Waals surface area (Å²) >= 11 is 6.17. The first-order chi connectivity index (χ1) is 11.6. The molecule has 0 fully saturated rings. The van der Waals surface area contributed by atoms with Crippen LogP contribution in [0.1, 0.15) is 30.9 Å². The molecular weight excluding hydrogens is 344 g/mol. The highest BCUT2D eigenvalue weighted by Gasteiger charge is 2.09. The number of nitrogens with zero attached hydrogens (tertiary/aromatic N) is 1. The maximum absolute atomic E-state index is 13.7. The molecule has 0 aliphatic heterocycles. The van der Waals surface area contributed by atoms with Gasteiger partial charge in [-0.3, -0.25) is 0 Å². The van der Waals surface area contributed by atoms with Crippen molar-refractivity contribution in [1.29, 1.82) is 0 Å². The van der Waals surface area contributed by atoms with Crippen LogP contribution in [0.4, 0.5) is 14.5 Å². The molecule has 5 heteroatoms. The summed E-state index contributed by atoms with van der Waals surface area (Å²) in [6.45, 7) is 2.17. The summed E-state index contributed by atoms with van der Waals surface area (Å²) < 4.78 is 27.5. The molecular formula is C19H15F2NS2. The first-order valence-electron chi connectivity index (χ1n) is 7.46. The van der Waals surface area contributed by atoms with Crippen LogP contribution in [0.5, 0.6) is 0 Å². The number of isothiocyanates is 1. The lowest BCUT2D eigenvalue weighted by Gasteiger charge is -2.00. The van der Waals surface area contributed by atoms with E-state index in [0.717, 1.165) is 23.4 Å². The Morgan fingerprint density at radius 3 is 2.25 bits per heavy atom. The van der Waals surface area contributed by atoms with E-state index in [1.807, 2.05) is 29.4 Å². The molecule has 0 saturated heterocycles. The second kappa shape index (κ2) is 9.34. The van der Waals surface area contributed by atoms with Gasteiger partial charge in [-0.05, 0) is 60.8 Å². The van der Waals surface area contributed by atoms with E-state index < -0.39 is 17.3 Å². The van der Waals surface area contributed by atoms with Crippen LogP contribution >= 0.6 is 24.0 Å². The summed E-state index contributed by atoms with van der Waals surface area (Å²) in [4.78, 5) is 4.56. The summed E-state index contributed by atoms with van der Waals surface area (Å²) in [6.07, 6.45) is 2.37. The normalized spacial score (nSPS) is 9.79. The zero-order valence-electron chi connectivity index (χ0n) is 13.1. The highest BCUT2D eigenvalue weighted by Crippen LogP contribution is 2.23. The van der Waals surface area contributed by atoms with E-state index in [0.29, 0.717) is 0 Å². The molecule has 0 heterocycles. The van der Waals surface area contributed by atoms with Crippen molar-refractivity contribution in [2.45, 2.75) is 24.7 Å². The van der Waals surface area contributed by atoms with E-state index in [-0.39, 0.29) is 5.56 Å². The maximum atomic E-state index is 13.7. The minimum atomic E-state index is -0.806. The van der Waals surface area contributed by atoms with E-state index in [4.69, 9.17) is 0 Å². The lowest BCUT2D eigenvalue weighted by atomic mass is 10.1. The van der Waals surface area contributed by atoms with Crippen LogP contribution in [0.2, 0.25) is 0 Å². The maximum Gasteiger partial charge on any atom is 0.153 e. The highest BCUT2D eigenvalue weighted by atomic mass is 32.2. The van der Waals surface area contributed by atoms with Crippen LogP contribution < -0.4 is 0 Å². The summed E-state index contributed by atoms with van der Waals surface area (Å²) in [5, 5.41) is 1.96. The molecule has 0 saturated carbocycles. The van der Waals surface area contributed by atoms with Crippen molar-refractivity contribution in [2.24, 2.45) is 4.99 Å². The van der Waals surface area contributed by atoms with E-state index >= 15 is 0 Å². The molecule has 0 unspecified atom stereocenters. The molecule has 0 N–H and O–H groups in total. The van der Waals surface area contributed by atoms with Gasteiger partial charge < -0.3 is 0 Å². The van der Waals surface area contributed by atoms with Crippen molar-refractivity contribution in [3.05, 3.63) is 59.2 Å². The van der Waals surface area contributed by atoms with Gasteiger partial charge >= 0.3 is 0 Å². The average molecular weight is 359 g/mol. The Hall–Kier alpha value is -1.99. The van der Waals surface area contributed by atoms with E-state index in [2.05, 4.69) is 36.0 Å². The quantitative estimate of drug-likeness (QED) is 0.214.